The first-order valence-corrected chi connectivity index (χ1v) is 8.20. The normalized spacial score (nSPS) is 14.7. The van der Waals surface area contributed by atoms with Crippen molar-refractivity contribution in [1.29, 1.82) is 0 Å². The Balaban J connectivity index is 2.98. The van der Waals surface area contributed by atoms with E-state index < -0.39 is 15.9 Å². The highest BCUT2D eigenvalue weighted by molar-refractivity contribution is 7.91. The second-order valence-electron chi connectivity index (χ2n) is 6.37. The van der Waals surface area contributed by atoms with Crippen molar-refractivity contribution in [3.05, 3.63) is 29.8 Å². The van der Waals surface area contributed by atoms with Crippen LogP contribution in [0.25, 0.3) is 0 Å². The van der Waals surface area contributed by atoms with E-state index in [1.165, 1.54) is 0 Å². The van der Waals surface area contributed by atoms with Gasteiger partial charge in [0, 0.05) is 0 Å². The van der Waals surface area contributed by atoms with Gasteiger partial charge in [0.1, 0.15) is 0 Å². The van der Waals surface area contributed by atoms with Crippen LogP contribution in [0.3, 0.4) is 0 Å². The summed E-state index contributed by atoms with van der Waals surface area (Å²) in [5, 5.41) is 9.73. The van der Waals surface area contributed by atoms with E-state index in [1.54, 1.807) is 12.1 Å². The van der Waals surface area contributed by atoms with E-state index in [9.17, 15) is 13.5 Å². The summed E-state index contributed by atoms with van der Waals surface area (Å²) in [5.41, 5.74) is 1.09. The molecule has 1 aromatic rings. The number of hydrogen-bond acceptors (Lipinski definition) is 3. The van der Waals surface area contributed by atoms with Crippen LogP contribution >= 0.6 is 0 Å². The van der Waals surface area contributed by atoms with Gasteiger partial charge in [-0.3, -0.25) is 0 Å². The highest BCUT2D eigenvalue weighted by atomic mass is 32.2. The van der Waals surface area contributed by atoms with Crippen LogP contribution in [0.5, 0.6) is 0 Å². The lowest BCUT2D eigenvalue weighted by Gasteiger charge is -2.19. The predicted octanol–water partition coefficient (Wildman–Crippen LogP) is 2.77. The quantitative estimate of drug-likeness (QED) is 0.925. The lowest BCUT2D eigenvalue weighted by atomic mass is 9.87. The molecule has 0 aliphatic carbocycles. The molecule has 0 aliphatic heterocycles. The average Bonchev–Trinajstić information content (AvgIpc) is 2.27. The zero-order valence-corrected chi connectivity index (χ0v) is 13.2. The van der Waals surface area contributed by atoms with Gasteiger partial charge in [0.2, 0.25) is 0 Å². The van der Waals surface area contributed by atoms with Crippen molar-refractivity contribution in [2.75, 3.05) is 5.75 Å². The number of rotatable bonds is 4. The van der Waals surface area contributed by atoms with Gasteiger partial charge in [-0.05, 0) is 29.0 Å². The smallest absolute Gasteiger partial charge is 0.180 e. The van der Waals surface area contributed by atoms with E-state index in [-0.39, 0.29) is 22.0 Å². The third kappa shape index (κ3) is 4.32. The molecule has 0 saturated heterocycles. The van der Waals surface area contributed by atoms with Crippen LogP contribution in [0.15, 0.2) is 29.2 Å². The first-order valence-electron chi connectivity index (χ1n) is 6.55. The molecule has 1 unspecified atom stereocenters. The van der Waals surface area contributed by atoms with Crippen LogP contribution in [0.2, 0.25) is 0 Å². The van der Waals surface area contributed by atoms with Crippen LogP contribution in [0, 0.1) is 5.92 Å². The van der Waals surface area contributed by atoms with Crippen LogP contribution in [0.1, 0.15) is 40.2 Å². The summed E-state index contributed by atoms with van der Waals surface area (Å²) in [6.45, 7) is 9.86. The van der Waals surface area contributed by atoms with Crippen LogP contribution < -0.4 is 0 Å². The number of benzene rings is 1. The Morgan fingerprint density at radius 1 is 1.11 bits per heavy atom. The summed E-state index contributed by atoms with van der Waals surface area (Å²) in [4.78, 5) is 0.278. The van der Waals surface area contributed by atoms with Gasteiger partial charge in [-0.15, -0.1) is 0 Å². The van der Waals surface area contributed by atoms with Gasteiger partial charge in [-0.2, -0.15) is 0 Å². The molecule has 0 spiro atoms. The molecule has 1 N–H and O–H groups in total. The zero-order chi connectivity index (χ0) is 14.8. The maximum absolute atomic E-state index is 12.1. The van der Waals surface area contributed by atoms with Gasteiger partial charge in [0.15, 0.2) is 9.84 Å². The minimum absolute atomic E-state index is 0.000260. The Morgan fingerprint density at radius 2 is 1.58 bits per heavy atom. The van der Waals surface area contributed by atoms with Crippen LogP contribution in [-0.4, -0.2) is 25.4 Å². The molecule has 1 rings (SSSR count). The molecule has 0 saturated carbocycles. The molecule has 108 valence electrons. The third-order valence-electron chi connectivity index (χ3n) is 3.24. The molecule has 3 nitrogen and oxygen atoms in total. The van der Waals surface area contributed by atoms with E-state index in [4.69, 9.17) is 0 Å². The highest BCUT2D eigenvalue weighted by Crippen LogP contribution is 2.24. The summed E-state index contributed by atoms with van der Waals surface area (Å²) in [6.07, 6.45) is -0.827. The van der Waals surface area contributed by atoms with Crippen molar-refractivity contribution in [2.24, 2.45) is 5.92 Å². The number of aliphatic hydroxyl groups excluding tert-OH is 1. The van der Waals surface area contributed by atoms with Crippen molar-refractivity contribution in [1.82, 2.24) is 0 Å². The number of aliphatic hydroxyl groups is 1. The Bertz CT molecular complexity index is 507. The topological polar surface area (TPSA) is 54.4 Å². The SMILES string of the molecule is CC(C)C(O)CS(=O)(=O)c1ccc(C(C)(C)C)cc1. The molecule has 0 heterocycles. The van der Waals surface area contributed by atoms with Crippen LogP contribution in [0.4, 0.5) is 0 Å². The minimum atomic E-state index is -3.42. The molecule has 0 aliphatic rings. The summed E-state index contributed by atoms with van der Waals surface area (Å²) < 4.78 is 24.3. The van der Waals surface area contributed by atoms with Crippen molar-refractivity contribution >= 4 is 9.84 Å². The maximum Gasteiger partial charge on any atom is 0.180 e. The second-order valence-corrected chi connectivity index (χ2v) is 8.40. The molecule has 0 aromatic heterocycles. The van der Waals surface area contributed by atoms with Gasteiger partial charge in [0.05, 0.1) is 16.8 Å². The summed E-state index contributed by atoms with van der Waals surface area (Å²) in [6, 6.07) is 6.94. The minimum Gasteiger partial charge on any atom is -0.392 e. The largest absolute Gasteiger partial charge is 0.392 e. The van der Waals surface area contributed by atoms with Crippen molar-refractivity contribution < 1.29 is 13.5 Å². The summed E-state index contributed by atoms with van der Waals surface area (Å²) in [5.74, 6) is -0.289. The first kappa shape index (κ1) is 16.2. The van der Waals surface area contributed by atoms with Gasteiger partial charge in [-0.25, -0.2) is 8.42 Å². The fourth-order valence-corrected chi connectivity index (χ4v) is 3.25. The third-order valence-corrected chi connectivity index (χ3v) is 5.01. The van der Waals surface area contributed by atoms with E-state index >= 15 is 0 Å². The monoisotopic (exact) mass is 284 g/mol. The Morgan fingerprint density at radius 3 is 1.95 bits per heavy atom. The Hall–Kier alpha value is -0.870. The Kier molecular flexibility index (Phi) is 4.80. The summed E-state index contributed by atoms with van der Waals surface area (Å²) in [7, 11) is -3.42. The fourth-order valence-electron chi connectivity index (χ4n) is 1.68. The second kappa shape index (κ2) is 5.63. The van der Waals surface area contributed by atoms with Gasteiger partial charge < -0.3 is 5.11 Å². The lowest BCUT2D eigenvalue weighted by molar-refractivity contribution is 0.147. The van der Waals surface area contributed by atoms with Crippen molar-refractivity contribution in [2.45, 2.75) is 51.0 Å². The molecular formula is C15H24O3S. The van der Waals surface area contributed by atoms with Crippen molar-refractivity contribution in [3.63, 3.8) is 0 Å². The molecule has 0 bridgehead atoms. The van der Waals surface area contributed by atoms with Gasteiger partial charge in [-0.1, -0.05) is 46.8 Å². The molecule has 4 heteroatoms. The van der Waals surface area contributed by atoms with E-state index in [1.807, 2.05) is 26.0 Å². The van der Waals surface area contributed by atoms with E-state index in [0.29, 0.717) is 0 Å². The standard InChI is InChI=1S/C15H24O3S/c1-11(2)14(16)10-19(17,18)13-8-6-12(7-9-13)15(3,4)5/h6-9,11,14,16H,10H2,1-5H3. The Labute approximate surface area is 116 Å². The maximum atomic E-state index is 12.1. The molecule has 0 amide bonds. The van der Waals surface area contributed by atoms with E-state index in [2.05, 4.69) is 20.8 Å². The molecule has 1 atom stereocenters. The molecule has 19 heavy (non-hydrogen) atoms. The van der Waals surface area contributed by atoms with Crippen LogP contribution in [-0.2, 0) is 15.3 Å². The molecular weight excluding hydrogens is 260 g/mol. The molecule has 1 aromatic carbocycles. The fraction of sp³-hybridized carbons (Fsp3) is 0.600. The molecule has 0 radical (unpaired) electrons. The highest BCUT2D eigenvalue weighted by Gasteiger charge is 2.22. The summed E-state index contributed by atoms with van der Waals surface area (Å²) >= 11 is 0. The average molecular weight is 284 g/mol. The lowest BCUT2D eigenvalue weighted by Crippen LogP contribution is -2.25. The zero-order valence-electron chi connectivity index (χ0n) is 12.3. The number of hydrogen-bond donors (Lipinski definition) is 1. The van der Waals surface area contributed by atoms with E-state index in [0.717, 1.165) is 5.56 Å². The number of sulfone groups is 1. The molecule has 0 fully saturated rings. The van der Waals surface area contributed by atoms with Crippen molar-refractivity contribution in [3.8, 4) is 0 Å². The predicted molar refractivity (Wildman–Crippen MR) is 78.0 cm³/mol. The van der Waals surface area contributed by atoms with Gasteiger partial charge >= 0.3 is 0 Å². The van der Waals surface area contributed by atoms with Gasteiger partial charge in [0.25, 0.3) is 0 Å². The first-order chi connectivity index (χ1) is 8.54.